The minimum atomic E-state index is -5.18. The lowest BCUT2D eigenvalue weighted by Gasteiger charge is -2.20. The van der Waals surface area contributed by atoms with E-state index >= 15 is 0 Å². The van der Waals surface area contributed by atoms with Gasteiger partial charge in [-0.3, -0.25) is 19.3 Å². The molecule has 0 aromatic carbocycles. The lowest BCUT2D eigenvalue weighted by molar-refractivity contribution is -0.188. The number of hydrogen-bond acceptors (Lipinski definition) is 3. The van der Waals surface area contributed by atoms with E-state index in [0.29, 0.717) is 0 Å². The number of likely N-dealkylation sites (tertiary alicyclic amines) is 1. The monoisotopic (exact) mass is 243 g/mol. The molecule has 84 valence electrons. The Kier molecular flexibility index (Phi) is 3.03. The first-order valence-electron chi connectivity index (χ1n) is 3.87. The van der Waals surface area contributed by atoms with Gasteiger partial charge in [0, 0.05) is 6.42 Å². The lowest BCUT2D eigenvalue weighted by Crippen LogP contribution is -2.48. The molecule has 0 N–H and O–H groups in total. The largest absolute Gasteiger partial charge is 0.471 e. The molecule has 8 heteroatoms. The van der Waals surface area contributed by atoms with Crippen LogP contribution in [0.15, 0.2) is 0 Å². The topological polar surface area (TPSA) is 54.5 Å². The SMILES string of the molecule is O=C(Cl)[C@@H]1CCC(=O)N1C(=O)C(F)(F)F. The highest BCUT2D eigenvalue weighted by atomic mass is 35.5. The average molecular weight is 244 g/mol. The van der Waals surface area contributed by atoms with Crippen LogP contribution in [0.25, 0.3) is 0 Å². The number of carbonyl (C=O) groups excluding carboxylic acids is 3. The van der Waals surface area contributed by atoms with Crippen molar-refractivity contribution in [2.24, 2.45) is 0 Å². The summed E-state index contributed by atoms with van der Waals surface area (Å²) in [6, 6.07) is -1.49. The summed E-state index contributed by atoms with van der Waals surface area (Å²) in [4.78, 5) is 32.3. The zero-order valence-electron chi connectivity index (χ0n) is 7.18. The molecule has 1 aliphatic heterocycles. The van der Waals surface area contributed by atoms with Crippen LogP contribution in [0.4, 0.5) is 13.2 Å². The van der Waals surface area contributed by atoms with Crippen LogP contribution in [0.2, 0.25) is 0 Å². The third-order valence-electron chi connectivity index (χ3n) is 1.94. The second-order valence-corrected chi connectivity index (χ2v) is 3.30. The van der Waals surface area contributed by atoms with Crippen molar-refractivity contribution in [3.8, 4) is 0 Å². The maximum Gasteiger partial charge on any atom is 0.471 e. The Balaban J connectivity index is 2.95. The van der Waals surface area contributed by atoms with Crippen molar-refractivity contribution in [1.29, 1.82) is 0 Å². The van der Waals surface area contributed by atoms with E-state index in [1.807, 2.05) is 0 Å². The third kappa shape index (κ3) is 2.28. The number of halogens is 4. The Morgan fingerprint density at radius 3 is 2.33 bits per heavy atom. The number of imide groups is 1. The third-order valence-corrected chi connectivity index (χ3v) is 2.19. The number of alkyl halides is 3. The van der Waals surface area contributed by atoms with Crippen molar-refractivity contribution < 1.29 is 27.6 Å². The highest BCUT2D eigenvalue weighted by Gasteiger charge is 2.50. The molecule has 2 amide bonds. The van der Waals surface area contributed by atoms with Gasteiger partial charge in [0.15, 0.2) is 0 Å². The van der Waals surface area contributed by atoms with Crippen molar-refractivity contribution in [1.82, 2.24) is 4.90 Å². The van der Waals surface area contributed by atoms with Gasteiger partial charge in [-0.1, -0.05) is 0 Å². The minimum Gasteiger partial charge on any atom is -0.279 e. The summed E-state index contributed by atoms with van der Waals surface area (Å²) in [5, 5.41) is -1.14. The molecule has 15 heavy (non-hydrogen) atoms. The smallest absolute Gasteiger partial charge is 0.279 e. The minimum absolute atomic E-state index is 0.116. The molecular formula is C7H5ClF3NO3. The molecule has 0 spiro atoms. The molecule has 0 saturated carbocycles. The summed E-state index contributed by atoms with van der Waals surface area (Å²) in [7, 11) is 0. The molecule has 1 saturated heterocycles. The highest BCUT2D eigenvalue weighted by Crippen LogP contribution is 2.27. The van der Waals surface area contributed by atoms with Crippen LogP contribution in [0, 0.1) is 0 Å². The van der Waals surface area contributed by atoms with Crippen LogP contribution < -0.4 is 0 Å². The van der Waals surface area contributed by atoms with Crippen molar-refractivity contribution in [2.45, 2.75) is 25.1 Å². The average Bonchev–Trinajstić information content (AvgIpc) is 2.44. The van der Waals surface area contributed by atoms with Crippen LogP contribution in [0.5, 0.6) is 0 Å². The van der Waals surface area contributed by atoms with E-state index in [0.717, 1.165) is 0 Å². The van der Waals surface area contributed by atoms with Crippen molar-refractivity contribution in [2.75, 3.05) is 0 Å². The summed E-state index contributed by atoms with van der Waals surface area (Å²) in [6.45, 7) is 0. The van der Waals surface area contributed by atoms with Crippen LogP contribution >= 0.6 is 11.6 Å². The first-order valence-corrected chi connectivity index (χ1v) is 4.25. The molecule has 1 aliphatic rings. The Bertz CT molecular complexity index is 328. The van der Waals surface area contributed by atoms with Crippen LogP contribution in [-0.4, -0.2) is 34.2 Å². The molecule has 1 heterocycles. The van der Waals surface area contributed by atoms with E-state index < -0.39 is 29.3 Å². The molecule has 4 nitrogen and oxygen atoms in total. The number of rotatable bonds is 1. The highest BCUT2D eigenvalue weighted by molar-refractivity contribution is 6.65. The lowest BCUT2D eigenvalue weighted by atomic mass is 10.2. The summed E-state index contributed by atoms with van der Waals surface area (Å²) in [6.07, 6.45) is -5.63. The summed E-state index contributed by atoms with van der Waals surface area (Å²) in [5.41, 5.74) is 0. The van der Waals surface area contributed by atoms with Gasteiger partial charge in [0.2, 0.25) is 11.1 Å². The van der Waals surface area contributed by atoms with Gasteiger partial charge in [-0.25, -0.2) is 0 Å². The second kappa shape index (κ2) is 3.80. The normalized spacial score (nSPS) is 22.0. The van der Waals surface area contributed by atoms with E-state index in [2.05, 4.69) is 0 Å². The summed E-state index contributed by atoms with van der Waals surface area (Å²) >= 11 is 4.99. The van der Waals surface area contributed by atoms with E-state index in [1.165, 1.54) is 0 Å². The predicted octanol–water partition coefficient (Wildman–Crippen LogP) is 0.832. The Morgan fingerprint density at radius 2 is 1.93 bits per heavy atom. The number of nitrogens with zero attached hydrogens (tertiary/aromatic N) is 1. The first-order chi connectivity index (χ1) is 6.75. The Morgan fingerprint density at radius 1 is 1.40 bits per heavy atom. The maximum absolute atomic E-state index is 12.0. The quantitative estimate of drug-likeness (QED) is 0.641. The standard InChI is InChI=1S/C7H5ClF3NO3/c8-5(14)3-1-2-4(13)12(3)6(15)7(9,10)11/h3H,1-2H2/t3-/m0/s1. The summed E-state index contributed by atoms with van der Waals surface area (Å²) < 4.78 is 36.0. The van der Waals surface area contributed by atoms with Gasteiger partial charge >= 0.3 is 12.1 Å². The molecular weight excluding hydrogens is 239 g/mol. The van der Waals surface area contributed by atoms with Crippen molar-refractivity contribution in [3.63, 3.8) is 0 Å². The predicted molar refractivity (Wildman–Crippen MR) is 41.8 cm³/mol. The van der Waals surface area contributed by atoms with Crippen LogP contribution in [0.3, 0.4) is 0 Å². The van der Waals surface area contributed by atoms with Gasteiger partial charge in [0.25, 0.3) is 0 Å². The number of amides is 2. The second-order valence-electron chi connectivity index (χ2n) is 2.93. The van der Waals surface area contributed by atoms with Crippen LogP contribution in [-0.2, 0) is 14.4 Å². The molecule has 1 fully saturated rings. The zero-order chi connectivity index (χ0) is 11.8. The van der Waals surface area contributed by atoms with Gasteiger partial charge in [-0.2, -0.15) is 13.2 Å². The van der Waals surface area contributed by atoms with E-state index in [-0.39, 0.29) is 17.7 Å². The summed E-state index contributed by atoms with van der Waals surface area (Å²) in [5.74, 6) is -3.37. The van der Waals surface area contributed by atoms with Crippen molar-refractivity contribution >= 4 is 28.7 Å². The molecule has 0 unspecified atom stereocenters. The number of carbonyl (C=O) groups is 3. The number of hydrogen-bond donors (Lipinski definition) is 0. The van der Waals surface area contributed by atoms with Gasteiger partial charge < -0.3 is 0 Å². The van der Waals surface area contributed by atoms with E-state index in [1.54, 1.807) is 0 Å². The van der Waals surface area contributed by atoms with E-state index in [4.69, 9.17) is 11.6 Å². The van der Waals surface area contributed by atoms with Gasteiger partial charge in [-0.05, 0) is 18.0 Å². The maximum atomic E-state index is 12.0. The van der Waals surface area contributed by atoms with Crippen LogP contribution in [0.1, 0.15) is 12.8 Å². The van der Waals surface area contributed by atoms with Crippen molar-refractivity contribution in [3.05, 3.63) is 0 Å². The molecule has 0 radical (unpaired) electrons. The Hall–Kier alpha value is -1.11. The molecule has 1 atom stereocenters. The van der Waals surface area contributed by atoms with Gasteiger partial charge in [0.05, 0.1) is 0 Å². The van der Waals surface area contributed by atoms with Gasteiger partial charge in [0.1, 0.15) is 6.04 Å². The molecule has 0 aliphatic carbocycles. The molecule has 1 rings (SSSR count). The van der Waals surface area contributed by atoms with E-state index in [9.17, 15) is 27.6 Å². The fourth-order valence-electron chi connectivity index (χ4n) is 1.29. The molecule has 0 bridgehead atoms. The zero-order valence-corrected chi connectivity index (χ0v) is 7.93. The first kappa shape index (κ1) is 12.0. The fourth-order valence-corrected chi connectivity index (χ4v) is 1.50. The van der Waals surface area contributed by atoms with Gasteiger partial charge in [-0.15, -0.1) is 0 Å². The fraction of sp³-hybridized carbons (Fsp3) is 0.571. The molecule has 0 aromatic heterocycles. The Labute approximate surface area is 87.0 Å². The molecule has 0 aromatic rings.